The van der Waals surface area contributed by atoms with Gasteiger partial charge in [0.05, 0.1) is 13.1 Å². The summed E-state index contributed by atoms with van der Waals surface area (Å²) in [7, 11) is 0. The number of carbonyl (C=O) groups excluding carboxylic acids is 2. The van der Waals surface area contributed by atoms with Crippen molar-refractivity contribution in [3.63, 3.8) is 0 Å². The van der Waals surface area contributed by atoms with Gasteiger partial charge >= 0.3 is 0 Å². The molecule has 1 atom stereocenters. The number of halogens is 2. The van der Waals surface area contributed by atoms with Crippen LogP contribution in [0.15, 0.2) is 18.2 Å². The summed E-state index contributed by atoms with van der Waals surface area (Å²) < 4.78 is 27.2. The van der Waals surface area contributed by atoms with E-state index in [1.165, 1.54) is 11.0 Å². The predicted molar refractivity (Wildman–Crippen MR) is 68.5 cm³/mol. The highest BCUT2D eigenvalue weighted by atomic mass is 19.1. The second kappa shape index (κ2) is 5.56. The van der Waals surface area contributed by atoms with Gasteiger partial charge in [-0.2, -0.15) is 0 Å². The van der Waals surface area contributed by atoms with E-state index in [0.717, 1.165) is 12.1 Å². The first-order chi connectivity index (χ1) is 9.40. The third-order valence-corrected chi connectivity index (χ3v) is 3.31. The molecule has 1 N–H and O–H groups in total. The number of nitrogens with zero attached hydrogens (tertiary/aromatic N) is 1. The Morgan fingerprint density at radius 3 is 2.45 bits per heavy atom. The molecular weight excluding hydrogens is 266 g/mol. The molecule has 0 aliphatic carbocycles. The standard InChI is InChI=1S/C14H16F2N2O2/c1-8(2)13-14(20)18(7-12(19)17-13)6-9-10(15)4-3-5-11(9)16/h3-5,8,13H,6-7H2,1-2H3,(H,17,19). The van der Waals surface area contributed by atoms with Crippen LogP contribution >= 0.6 is 0 Å². The normalized spacial score (nSPS) is 19.4. The van der Waals surface area contributed by atoms with Crippen molar-refractivity contribution in [3.8, 4) is 0 Å². The van der Waals surface area contributed by atoms with E-state index in [1.54, 1.807) is 13.8 Å². The second-order valence-corrected chi connectivity index (χ2v) is 5.18. The maximum absolute atomic E-state index is 13.6. The number of hydrogen-bond acceptors (Lipinski definition) is 2. The molecule has 0 saturated carbocycles. The lowest BCUT2D eigenvalue weighted by atomic mass is 10.00. The fraction of sp³-hybridized carbons (Fsp3) is 0.429. The first-order valence-electron chi connectivity index (χ1n) is 6.41. The molecule has 0 spiro atoms. The lowest BCUT2D eigenvalue weighted by Gasteiger charge is -2.34. The Morgan fingerprint density at radius 2 is 1.90 bits per heavy atom. The minimum atomic E-state index is -0.718. The van der Waals surface area contributed by atoms with E-state index in [9.17, 15) is 18.4 Å². The molecular formula is C14H16F2N2O2. The predicted octanol–water partition coefficient (Wildman–Crippen LogP) is 1.45. The fourth-order valence-electron chi connectivity index (χ4n) is 2.19. The van der Waals surface area contributed by atoms with Crippen LogP contribution in [0.2, 0.25) is 0 Å². The smallest absolute Gasteiger partial charge is 0.246 e. The van der Waals surface area contributed by atoms with Gasteiger partial charge in [-0.1, -0.05) is 19.9 Å². The van der Waals surface area contributed by atoms with Gasteiger partial charge in [0.1, 0.15) is 17.7 Å². The van der Waals surface area contributed by atoms with E-state index in [-0.39, 0.29) is 36.4 Å². The number of nitrogens with one attached hydrogen (secondary N) is 1. The molecule has 0 aromatic heterocycles. The molecule has 2 amide bonds. The van der Waals surface area contributed by atoms with Crippen molar-refractivity contribution < 1.29 is 18.4 Å². The van der Waals surface area contributed by atoms with Crippen molar-refractivity contribution in [1.82, 2.24) is 10.2 Å². The Morgan fingerprint density at radius 1 is 1.30 bits per heavy atom. The highest BCUT2D eigenvalue weighted by Gasteiger charge is 2.35. The Bertz CT molecular complexity index is 526. The first kappa shape index (κ1) is 14.4. The molecule has 1 fully saturated rings. The van der Waals surface area contributed by atoms with Gasteiger partial charge in [0.25, 0.3) is 0 Å². The lowest BCUT2D eigenvalue weighted by molar-refractivity contribution is -0.146. The zero-order valence-corrected chi connectivity index (χ0v) is 11.3. The molecule has 6 heteroatoms. The van der Waals surface area contributed by atoms with Gasteiger partial charge < -0.3 is 10.2 Å². The van der Waals surface area contributed by atoms with Crippen molar-refractivity contribution in [2.75, 3.05) is 6.54 Å². The minimum absolute atomic E-state index is 0.0836. The van der Waals surface area contributed by atoms with Gasteiger partial charge in [-0.15, -0.1) is 0 Å². The van der Waals surface area contributed by atoms with Gasteiger partial charge in [-0.25, -0.2) is 8.78 Å². The van der Waals surface area contributed by atoms with Crippen molar-refractivity contribution >= 4 is 11.8 Å². The van der Waals surface area contributed by atoms with E-state index in [2.05, 4.69) is 5.32 Å². The second-order valence-electron chi connectivity index (χ2n) is 5.18. The summed E-state index contributed by atoms with van der Waals surface area (Å²) in [5, 5.41) is 2.59. The molecule has 0 bridgehead atoms. The quantitative estimate of drug-likeness (QED) is 0.912. The number of hydrogen-bond donors (Lipinski definition) is 1. The molecule has 1 aromatic carbocycles. The molecule has 1 aromatic rings. The third kappa shape index (κ3) is 2.79. The highest BCUT2D eigenvalue weighted by molar-refractivity contribution is 5.94. The number of rotatable bonds is 3. The number of amides is 2. The fourth-order valence-corrected chi connectivity index (χ4v) is 2.19. The van der Waals surface area contributed by atoms with E-state index in [0.29, 0.717) is 0 Å². The van der Waals surface area contributed by atoms with E-state index < -0.39 is 17.7 Å². The van der Waals surface area contributed by atoms with Crippen molar-refractivity contribution in [1.29, 1.82) is 0 Å². The first-order valence-corrected chi connectivity index (χ1v) is 6.41. The molecule has 2 rings (SSSR count). The topological polar surface area (TPSA) is 49.4 Å². The summed E-state index contributed by atoms with van der Waals surface area (Å²) >= 11 is 0. The van der Waals surface area contributed by atoms with Gasteiger partial charge in [0.15, 0.2) is 0 Å². The van der Waals surface area contributed by atoms with Gasteiger partial charge in [-0.05, 0) is 18.1 Å². The average Bonchev–Trinajstić information content (AvgIpc) is 2.37. The molecule has 1 heterocycles. The van der Waals surface area contributed by atoms with Crippen molar-refractivity contribution in [3.05, 3.63) is 35.4 Å². The summed E-state index contributed by atoms with van der Waals surface area (Å²) in [6, 6.07) is 2.88. The number of benzene rings is 1. The Balaban J connectivity index is 2.24. The van der Waals surface area contributed by atoms with E-state index in [4.69, 9.17) is 0 Å². The maximum Gasteiger partial charge on any atom is 0.246 e. The number of carbonyl (C=O) groups is 2. The van der Waals surface area contributed by atoms with Crippen molar-refractivity contribution in [2.45, 2.75) is 26.4 Å². The van der Waals surface area contributed by atoms with Crippen LogP contribution in [0, 0.1) is 17.6 Å². The molecule has 108 valence electrons. The zero-order valence-electron chi connectivity index (χ0n) is 11.3. The van der Waals surface area contributed by atoms with Crippen LogP contribution in [0.4, 0.5) is 8.78 Å². The Kier molecular flexibility index (Phi) is 4.01. The van der Waals surface area contributed by atoms with Crippen molar-refractivity contribution in [2.24, 2.45) is 5.92 Å². The largest absolute Gasteiger partial charge is 0.343 e. The molecule has 20 heavy (non-hydrogen) atoms. The molecule has 0 radical (unpaired) electrons. The Labute approximate surface area is 115 Å². The summed E-state index contributed by atoms with van der Waals surface area (Å²) in [6.07, 6.45) is 0. The Hall–Kier alpha value is -1.98. The minimum Gasteiger partial charge on any atom is -0.343 e. The number of piperazine rings is 1. The molecule has 1 unspecified atom stereocenters. The van der Waals surface area contributed by atoms with E-state index >= 15 is 0 Å². The van der Waals surface area contributed by atoms with E-state index in [1.807, 2.05) is 0 Å². The van der Waals surface area contributed by atoms with Gasteiger partial charge in [0.2, 0.25) is 11.8 Å². The molecule has 1 aliphatic heterocycles. The van der Waals surface area contributed by atoms with Crippen LogP contribution in [0.1, 0.15) is 19.4 Å². The zero-order chi connectivity index (χ0) is 14.9. The van der Waals surface area contributed by atoms with Crippen LogP contribution in [0.5, 0.6) is 0 Å². The summed E-state index contributed by atoms with van der Waals surface area (Å²) in [5.41, 5.74) is -0.196. The van der Waals surface area contributed by atoms with Crippen LogP contribution in [0.25, 0.3) is 0 Å². The monoisotopic (exact) mass is 282 g/mol. The average molecular weight is 282 g/mol. The van der Waals surface area contributed by atoms with Crippen LogP contribution in [-0.2, 0) is 16.1 Å². The lowest BCUT2D eigenvalue weighted by Crippen LogP contribution is -2.59. The summed E-state index contributed by atoms with van der Waals surface area (Å²) in [5.74, 6) is -2.16. The highest BCUT2D eigenvalue weighted by Crippen LogP contribution is 2.18. The molecule has 1 saturated heterocycles. The molecule has 1 aliphatic rings. The van der Waals surface area contributed by atoms with Crippen LogP contribution < -0.4 is 5.32 Å². The maximum atomic E-state index is 13.6. The third-order valence-electron chi connectivity index (χ3n) is 3.31. The van der Waals surface area contributed by atoms with Crippen LogP contribution in [0.3, 0.4) is 0 Å². The molecule has 4 nitrogen and oxygen atoms in total. The SMILES string of the molecule is CC(C)C1NC(=O)CN(Cc2c(F)cccc2F)C1=O. The van der Waals surface area contributed by atoms with Crippen LogP contribution in [-0.4, -0.2) is 29.3 Å². The summed E-state index contributed by atoms with van der Waals surface area (Å²) in [4.78, 5) is 25.0. The van der Waals surface area contributed by atoms with Gasteiger partial charge in [0, 0.05) is 5.56 Å². The van der Waals surface area contributed by atoms with Gasteiger partial charge in [-0.3, -0.25) is 9.59 Å². The summed E-state index contributed by atoms with van der Waals surface area (Å²) in [6.45, 7) is 3.18.